The highest BCUT2D eigenvalue weighted by atomic mass is 16.5. The molecule has 3 unspecified atom stereocenters. The zero-order chi connectivity index (χ0) is 14.1. The number of hydrogen-bond donors (Lipinski definition) is 1. The molecule has 0 aliphatic heterocycles. The molecular weight excluding hydrogens is 236 g/mol. The van der Waals surface area contributed by atoms with E-state index in [0.717, 1.165) is 18.8 Å². The van der Waals surface area contributed by atoms with Gasteiger partial charge in [-0.25, -0.2) is 0 Å². The Hall–Kier alpha value is -0.590. The van der Waals surface area contributed by atoms with Crippen LogP contribution in [-0.2, 0) is 4.74 Å². The van der Waals surface area contributed by atoms with Gasteiger partial charge in [-0.2, -0.15) is 5.26 Å². The van der Waals surface area contributed by atoms with E-state index in [-0.39, 0.29) is 0 Å². The van der Waals surface area contributed by atoms with Crippen molar-refractivity contribution in [3.63, 3.8) is 0 Å². The Kier molecular flexibility index (Phi) is 4.23. The Bertz CT molecular complexity index is 356. The Morgan fingerprint density at radius 2 is 2.05 bits per heavy atom. The van der Waals surface area contributed by atoms with Gasteiger partial charge in [0.25, 0.3) is 0 Å². The molecule has 0 aromatic carbocycles. The highest BCUT2D eigenvalue weighted by Crippen LogP contribution is 2.39. The molecule has 2 saturated carbocycles. The highest BCUT2D eigenvalue weighted by Gasteiger charge is 2.36. The fourth-order valence-corrected chi connectivity index (χ4v) is 3.45. The molecule has 2 rings (SSSR count). The molecule has 0 aromatic heterocycles. The Balaban J connectivity index is 1.84. The van der Waals surface area contributed by atoms with Gasteiger partial charge in [-0.15, -0.1) is 0 Å². The summed E-state index contributed by atoms with van der Waals surface area (Å²) < 4.78 is 6.09. The molecule has 0 amide bonds. The highest BCUT2D eigenvalue weighted by molar-refractivity contribution is 5.07. The minimum atomic E-state index is -0.522. The molecule has 3 heteroatoms. The minimum absolute atomic E-state index is 0.312. The molecule has 0 heterocycles. The molecule has 0 spiro atoms. The molecule has 1 N–H and O–H groups in total. The van der Waals surface area contributed by atoms with Crippen LogP contribution >= 0.6 is 0 Å². The van der Waals surface area contributed by atoms with Gasteiger partial charge in [0.2, 0.25) is 0 Å². The third-order valence-corrected chi connectivity index (χ3v) is 4.30. The smallest absolute Gasteiger partial charge is 0.127 e. The van der Waals surface area contributed by atoms with Crippen LogP contribution in [0.2, 0.25) is 0 Å². The first-order valence-electron chi connectivity index (χ1n) is 7.62. The lowest BCUT2D eigenvalue weighted by molar-refractivity contribution is -0.0371. The SMILES string of the molecule is CC1CC(OCC(C)(C#N)NC2CC2)CC(C)(C)C1. The number of rotatable bonds is 5. The first kappa shape index (κ1) is 14.8. The standard InChI is InChI=1S/C16H28N2O/c1-12-7-14(9-15(2,3)8-12)19-11-16(4,10-17)18-13-5-6-13/h12-14,18H,5-9,11H2,1-4H3. The quantitative estimate of drug-likeness (QED) is 0.829. The number of ether oxygens (including phenoxy) is 1. The number of nitrogens with zero attached hydrogens (tertiary/aromatic N) is 1. The maximum absolute atomic E-state index is 9.35. The van der Waals surface area contributed by atoms with Crippen LogP contribution in [0, 0.1) is 22.7 Å². The fraction of sp³-hybridized carbons (Fsp3) is 0.938. The van der Waals surface area contributed by atoms with Gasteiger partial charge in [-0.3, -0.25) is 5.32 Å². The van der Waals surface area contributed by atoms with Crippen LogP contribution in [0.25, 0.3) is 0 Å². The largest absolute Gasteiger partial charge is 0.375 e. The molecular formula is C16H28N2O. The van der Waals surface area contributed by atoms with Crippen molar-refractivity contribution in [1.29, 1.82) is 5.26 Å². The molecule has 2 fully saturated rings. The van der Waals surface area contributed by atoms with Crippen LogP contribution in [0.3, 0.4) is 0 Å². The van der Waals surface area contributed by atoms with Gasteiger partial charge >= 0.3 is 0 Å². The van der Waals surface area contributed by atoms with E-state index in [4.69, 9.17) is 4.74 Å². The summed E-state index contributed by atoms with van der Waals surface area (Å²) in [6, 6.07) is 2.92. The van der Waals surface area contributed by atoms with E-state index in [1.54, 1.807) is 0 Å². The van der Waals surface area contributed by atoms with Crippen LogP contribution in [0.5, 0.6) is 0 Å². The summed E-state index contributed by atoms with van der Waals surface area (Å²) >= 11 is 0. The first-order chi connectivity index (χ1) is 8.82. The van der Waals surface area contributed by atoms with E-state index in [9.17, 15) is 5.26 Å². The van der Waals surface area contributed by atoms with Crippen molar-refractivity contribution in [3.05, 3.63) is 0 Å². The van der Waals surface area contributed by atoms with E-state index in [0.29, 0.717) is 24.2 Å². The molecule has 19 heavy (non-hydrogen) atoms. The van der Waals surface area contributed by atoms with Crippen molar-refractivity contribution in [2.45, 2.75) is 77.5 Å². The van der Waals surface area contributed by atoms with Gasteiger partial charge in [0.05, 0.1) is 18.8 Å². The zero-order valence-electron chi connectivity index (χ0n) is 12.8. The third kappa shape index (κ3) is 4.47. The Labute approximate surface area is 117 Å². The maximum Gasteiger partial charge on any atom is 0.127 e. The van der Waals surface area contributed by atoms with Crippen molar-refractivity contribution in [2.24, 2.45) is 11.3 Å². The molecule has 3 atom stereocenters. The van der Waals surface area contributed by atoms with Crippen LogP contribution in [-0.4, -0.2) is 24.3 Å². The van der Waals surface area contributed by atoms with Gasteiger partial charge in [-0.1, -0.05) is 20.8 Å². The summed E-state index contributed by atoms with van der Waals surface area (Å²) in [6.45, 7) is 9.43. The summed E-state index contributed by atoms with van der Waals surface area (Å²) in [5.74, 6) is 0.721. The molecule has 3 nitrogen and oxygen atoms in total. The van der Waals surface area contributed by atoms with Crippen molar-refractivity contribution in [3.8, 4) is 6.07 Å². The summed E-state index contributed by atoms with van der Waals surface area (Å²) in [6.07, 6.45) is 6.24. The predicted molar refractivity (Wildman–Crippen MR) is 76.7 cm³/mol. The van der Waals surface area contributed by atoms with Crippen LogP contribution in [0.1, 0.15) is 59.8 Å². The lowest BCUT2D eigenvalue weighted by Crippen LogP contribution is -2.48. The van der Waals surface area contributed by atoms with Gasteiger partial charge in [-0.05, 0) is 50.4 Å². The van der Waals surface area contributed by atoms with Crippen molar-refractivity contribution >= 4 is 0 Å². The van der Waals surface area contributed by atoms with E-state index in [1.807, 2.05) is 6.92 Å². The topological polar surface area (TPSA) is 45.0 Å². The van der Waals surface area contributed by atoms with Gasteiger partial charge < -0.3 is 4.74 Å². The second kappa shape index (κ2) is 5.42. The lowest BCUT2D eigenvalue weighted by atomic mass is 9.71. The summed E-state index contributed by atoms with van der Waals surface area (Å²) in [5.41, 5.74) is -0.151. The molecule has 0 bridgehead atoms. The normalized spacial score (nSPS) is 33.4. The summed E-state index contributed by atoms with van der Waals surface area (Å²) in [5, 5.41) is 12.8. The van der Waals surface area contributed by atoms with Gasteiger partial charge in [0, 0.05) is 6.04 Å². The van der Waals surface area contributed by atoms with Crippen molar-refractivity contribution in [1.82, 2.24) is 5.32 Å². The second-order valence-corrected chi connectivity index (χ2v) is 7.71. The molecule has 0 radical (unpaired) electrons. The molecule has 2 aliphatic rings. The number of nitriles is 1. The lowest BCUT2D eigenvalue weighted by Gasteiger charge is -2.39. The average molecular weight is 264 g/mol. The van der Waals surface area contributed by atoms with Gasteiger partial charge in [0.1, 0.15) is 5.54 Å². The number of hydrogen-bond acceptors (Lipinski definition) is 3. The van der Waals surface area contributed by atoms with Crippen molar-refractivity contribution < 1.29 is 4.74 Å². The summed E-state index contributed by atoms with van der Waals surface area (Å²) in [4.78, 5) is 0. The van der Waals surface area contributed by atoms with E-state index >= 15 is 0 Å². The molecule has 0 aromatic rings. The van der Waals surface area contributed by atoms with E-state index in [2.05, 4.69) is 32.2 Å². The zero-order valence-corrected chi connectivity index (χ0v) is 12.8. The second-order valence-electron chi connectivity index (χ2n) is 7.71. The fourth-order valence-electron chi connectivity index (χ4n) is 3.45. The van der Waals surface area contributed by atoms with Gasteiger partial charge in [0.15, 0.2) is 0 Å². The van der Waals surface area contributed by atoms with Crippen LogP contribution in [0.4, 0.5) is 0 Å². The minimum Gasteiger partial charge on any atom is -0.375 e. The van der Waals surface area contributed by atoms with E-state index in [1.165, 1.54) is 19.3 Å². The first-order valence-corrected chi connectivity index (χ1v) is 7.62. The maximum atomic E-state index is 9.35. The van der Waals surface area contributed by atoms with E-state index < -0.39 is 5.54 Å². The van der Waals surface area contributed by atoms with Crippen LogP contribution in [0.15, 0.2) is 0 Å². The monoisotopic (exact) mass is 264 g/mol. The third-order valence-electron chi connectivity index (χ3n) is 4.30. The Morgan fingerprint density at radius 3 is 2.58 bits per heavy atom. The molecule has 108 valence electrons. The number of nitrogens with one attached hydrogen (secondary N) is 1. The summed E-state index contributed by atoms with van der Waals surface area (Å²) in [7, 11) is 0. The Morgan fingerprint density at radius 1 is 1.37 bits per heavy atom. The predicted octanol–water partition coefficient (Wildman–Crippen LogP) is 3.25. The molecule has 2 aliphatic carbocycles. The average Bonchev–Trinajstić information content (AvgIpc) is 3.08. The van der Waals surface area contributed by atoms with Crippen LogP contribution < -0.4 is 5.32 Å². The molecule has 0 saturated heterocycles. The van der Waals surface area contributed by atoms with Crippen molar-refractivity contribution in [2.75, 3.05) is 6.61 Å².